The second kappa shape index (κ2) is 7.65. The van der Waals surface area contributed by atoms with Crippen molar-refractivity contribution in [1.82, 2.24) is 0 Å². The summed E-state index contributed by atoms with van der Waals surface area (Å²) >= 11 is 0. The van der Waals surface area contributed by atoms with Crippen molar-refractivity contribution in [3.63, 3.8) is 0 Å². The molecule has 1 aromatic rings. The van der Waals surface area contributed by atoms with Crippen molar-refractivity contribution >= 4 is 31.3 Å². The molecule has 1 unspecified atom stereocenters. The molecule has 0 spiro atoms. The quantitative estimate of drug-likeness (QED) is 0.457. The first-order valence-corrected chi connectivity index (χ1v) is 9.57. The first-order chi connectivity index (χ1) is 11.0. The van der Waals surface area contributed by atoms with Crippen molar-refractivity contribution < 1.29 is 18.6 Å². The Morgan fingerprint density at radius 1 is 1.43 bits per heavy atom. The van der Waals surface area contributed by atoms with Gasteiger partial charge in [-0.25, -0.2) is 4.99 Å². The molecule has 0 fully saturated rings. The maximum Gasteiger partial charge on any atom is 0.313 e. The summed E-state index contributed by atoms with van der Waals surface area (Å²) in [5, 5.41) is 10.9. The monoisotopic (exact) mass is 360 g/mol. The molecule has 0 bridgehead atoms. The van der Waals surface area contributed by atoms with Crippen molar-refractivity contribution in [3.8, 4) is 5.75 Å². The molecule has 9 heteroatoms. The number of benzene rings is 1. The first kappa shape index (κ1) is 17.6. The number of hydrogen-bond donors (Lipinski definition) is 0. The molecule has 0 saturated carbocycles. The Morgan fingerprint density at radius 3 is 2.74 bits per heavy atom. The zero-order chi connectivity index (χ0) is 16.9. The van der Waals surface area contributed by atoms with Gasteiger partial charge in [-0.3, -0.25) is 14.9 Å². The van der Waals surface area contributed by atoms with Gasteiger partial charge in [0.15, 0.2) is 9.43 Å². The second-order valence-electron chi connectivity index (χ2n) is 4.87. The molecule has 1 aliphatic heterocycles. The SMILES string of the molecule is COc1ccc(CCC(=O)OC2=NCCCS2(Cl)[N+](=O)[O-])cc1. The summed E-state index contributed by atoms with van der Waals surface area (Å²) in [6, 6.07) is 7.29. The van der Waals surface area contributed by atoms with Crippen LogP contribution in [0.5, 0.6) is 5.75 Å². The lowest BCUT2D eigenvalue weighted by Gasteiger charge is -2.25. The smallest absolute Gasteiger partial charge is 0.313 e. The topological polar surface area (TPSA) is 91.0 Å². The average Bonchev–Trinajstić information content (AvgIpc) is 2.55. The second-order valence-corrected chi connectivity index (χ2v) is 8.70. The largest absolute Gasteiger partial charge is 0.497 e. The van der Waals surface area contributed by atoms with E-state index in [4.69, 9.17) is 20.2 Å². The minimum Gasteiger partial charge on any atom is -0.497 e. The summed E-state index contributed by atoms with van der Waals surface area (Å²) in [6.45, 7) is 0.385. The van der Waals surface area contributed by atoms with E-state index in [0.29, 0.717) is 19.4 Å². The molecule has 0 radical (unpaired) electrons. The van der Waals surface area contributed by atoms with Gasteiger partial charge in [-0.05, 0) is 30.5 Å². The number of rotatable bonds is 5. The summed E-state index contributed by atoms with van der Waals surface area (Å²) in [6.07, 6.45) is 1.07. The Morgan fingerprint density at radius 2 is 2.13 bits per heavy atom. The van der Waals surface area contributed by atoms with Crippen molar-refractivity contribution in [2.45, 2.75) is 19.3 Å². The fraction of sp³-hybridized carbons (Fsp3) is 0.429. The van der Waals surface area contributed by atoms with Crippen LogP contribution in [0, 0.1) is 10.1 Å². The standard InChI is InChI=1S/C14H17ClN2O5S/c1-21-12-6-3-11(4-7-12)5-8-13(18)22-14-16-9-2-10-23(14,15)17(19)20/h3-4,6-7H,2,5,8-10H2,1H3. The van der Waals surface area contributed by atoms with Crippen LogP contribution in [0.3, 0.4) is 0 Å². The lowest BCUT2D eigenvalue weighted by molar-refractivity contribution is -0.290. The lowest BCUT2D eigenvalue weighted by Crippen LogP contribution is -2.27. The summed E-state index contributed by atoms with van der Waals surface area (Å²) in [5.41, 5.74) is 0.937. The minimum atomic E-state index is -2.90. The molecule has 7 nitrogen and oxygen atoms in total. The van der Waals surface area contributed by atoms with Gasteiger partial charge in [0.25, 0.3) is 0 Å². The molecule has 0 amide bonds. The first-order valence-electron chi connectivity index (χ1n) is 6.99. The number of aliphatic imine (C=N–C) groups is 1. The third-order valence-electron chi connectivity index (χ3n) is 3.30. The molecule has 0 aliphatic carbocycles. The van der Waals surface area contributed by atoms with Gasteiger partial charge in [-0.1, -0.05) is 12.1 Å². The van der Waals surface area contributed by atoms with Gasteiger partial charge in [-0.15, -0.1) is 0 Å². The van der Waals surface area contributed by atoms with E-state index >= 15 is 0 Å². The number of esters is 1. The van der Waals surface area contributed by atoms with Gasteiger partial charge < -0.3 is 9.47 Å². The maximum absolute atomic E-state index is 11.9. The van der Waals surface area contributed by atoms with E-state index in [-0.39, 0.29) is 17.4 Å². The zero-order valence-electron chi connectivity index (χ0n) is 12.6. The Bertz CT molecular complexity index is 622. The third kappa shape index (κ3) is 4.35. The summed E-state index contributed by atoms with van der Waals surface area (Å²) in [5.74, 6) is 0.335. The van der Waals surface area contributed by atoms with Crippen LogP contribution in [0.4, 0.5) is 0 Å². The normalized spacial score (nSPS) is 23.3. The van der Waals surface area contributed by atoms with Crippen LogP contribution in [-0.4, -0.2) is 34.9 Å². The van der Waals surface area contributed by atoms with E-state index in [9.17, 15) is 14.9 Å². The molecule has 1 aliphatic rings. The van der Waals surface area contributed by atoms with Crippen LogP contribution in [0.25, 0.3) is 0 Å². The van der Waals surface area contributed by atoms with Crippen molar-refractivity contribution in [2.75, 3.05) is 19.4 Å². The van der Waals surface area contributed by atoms with E-state index in [0.717, 1.165) is 11.3 Å². The number of carbonyl (C=O) groups is 1. The number of halogens is 1. The summed E-state index contributed by atoms with van der Waals surface area (Å²) in [4.78, 5) is 27.0. The fourth-order valence-electron chi connectivity index (χ4n) is 2.03. The van der Waals surface area contributed by atoms with Crippen LogP contribution in [0.1, 0.15) is 18.4 Å². The van der Waals surface area contributed by atoms with Crippen LogP contribution in [-0.2, 0) is 16.0 Å². The molecule has 23 heavy (non-hydrogen) atoms. The molecular weight excluding hydrogens is 344 g/mol. The highest BCUT2D eigenvalue weighted by Gasteiger charge is 2.45. The number of carbonyl (C=O) groups excluding carboxylic acids is 1. The molecule has 0 aromatic heterocycles. The van der Waals surface area contributed by atoms with Gasteiger partial charge in [0, 0.05) is 17.2 Å². The number of aryl methyl sites for hydroxylation is 1. The van der Waals surface area contributed by atoms with E-state index < -0.39 is 19.7 Å². The highest BCUT2D eigenvalue weighted by molar-refractivity contribution is 8.56. The summed E-state index contributed by atoms with van der Waals surface area (Å²) < 4.78 is 9.56. The van der Waals surface area contributed by atoms with Gasteiger partial charge in [0.2, 0.25) is 0 Å². The highest BCUT2D eigenvalue weighted by Crippen LogP contribution is 2.56. The van der Waals surface area contributed by atoms with Gasteiger partial charge in [0.05, 0.1) is 23.6 Å². The molecule has 2 rings (SSSR count). The molecule has 1 aromatic carbocycles. The van der Waals surface area contributed by atoms with E-state index in [1.165, 1.54) is 0 Å². The van der Waals surface area contributed by atoms with E-state index in [1.54, 1.807) is 19.2 Å². The maximum atomic E-state index is 11.9. The predicted molar refractivity (Wildman–Crippen MR) is 89.6 cm³/mol. The zero-order valence-corrected chi connectivity index (χ0v) is 14.1. The molecule has 126 valence electrons. The number of methoxy groups -OCH3 is 1. The number of ether oxygens (including phenoxy) is 2. The molecule has 1 atom stereocenters. The Balaban J connectivity index is 1.93. The van der Waals surface area contributed by atoms with Gasteiger partial charge in [0.1, 0.15) is 5.75 Å². The van der Waals surface area contributed by atoms with Crippen LogP contribution in [0.15, 0.2) is 29.3 Å². The number of nitrogens with zero attached hydrogens (tertiary/aromatic N) is 2. The van der Waals surface area contributed by atoms with Crippen molar-refractivity contribution in [3.05, 3.63) is 39.9 Å². The van der Waals surface area contributed by atoms with Crippen LogP contribution in [0.2, 0.25) is 0 Å². The van der Waals surface area contributed by atoms with Crippen molar-refractivity contribution in [2.24, 2.45) is 4.99 Å². The minimum absolute atomic E-state index is 0.0927. The van der Waals surface area contributed by atoms with Gasteiger partial charge >= 0.3 is 11.2 Å². The van der Waals surface area contributed by atoms with Crippen LogP contribution >= 0.6 is 20.1 Å². The average molecular weight is 361 g/mol. The molecule has 0 saturated heterocycles. The van der Waals surface area contributed by atoms with E-state index in [2.05, 4.69) is 4.99 Å². The van der Waals surface area contributed by atoms with Crippen LogP contribution < -0.4 is 4.74 Å². The fourth-order valence-corrected chi connectivity index (χ4v) is 4.07. The Labute approximate surface area is 139 Å². The highest BCUT2D eigenvalue weighted by atomic mass is 35.7. The molecular formula is C14H17ClN2O5S. The van der Waals surface area contributed by atoms with E-state index in [1.807, 2.05) is 12.1 Å². The third-order valence-corrected chi connectivity index (χ3v) is 6.54. The predicted octanol–water partition coefficient (Wildman–Crippen LogP) is 3.08. The molecule has 1 heterocycles. The molecule has 0 N–H and O–H groups in total. The number of nitro groups is 1. The number of hydrogen-bond acceptors (Lipinski definition) is 6. The van der Waals surface area contributed by atoms with Crippen molar-refractivity contribution in [1.29, 1.82) is 0 Å². The Hall–Kier alpha value is -1.80. The summed E-state index contributed by atoms with van der Waals surface area (Å²) in [7, 11) is 4.71. The van der Waals surface area contributed by atoms with Gasteiger partial charge in [-0.2, -0.15) is 0 Å². The lowest BCUT2D eigenvalue weighted by atomic mass is 10.1. The Kier molecular flexibility index (Phi) is 5.84.